The number of benzene rings is 1. The molecule has 2 heterocycles. The summed E-state index contributed by atoms with van der Waals surface area (Å²) in [7, 11) is 2.12. The minimum absolute atomic E-state index is 0.166. The summed E-state index contributed by atoms with van der Waals surface area (Å²) in [5.41, 5.74) is 2.59. The summed E-state index contributed by atoms with van der Waals surface area (Å²) >= 11 is 0. The summed E-state index contributed by atoms with van der Waals surface area (Å²) in [6.45, 7) is 5.14. The summed E-state index contributed by atoms with van der Waals surface area (Å²) in [6, 6.07) is 8.87. The maximum absolute atomic E-state index is 5.75. The first-order valence-corrected chi connectivity index (χ1v) is 8.52. The van der Waals surface area contributed by atoms with Gasteiger partial charge in [-0.15, -0.1) is 0 Å². The van der Waals surface area contributed by atoms with E-state index >= 15 is 0 Å². The highest BCUT2D eigenvalue weighted by Crippen LogP contribution is 2.41. The van der Waals surface area contributed by atoms with Crippen molar-refractivity contribution in [2.24, 2.45) is 0 Å². The molecule has 2 atom stereocenters. The molecule has 2 unspecified atom stereocenters. The van der Waals surface area contributed by atoms with Gasteiger partial charge in [-0.2, -0.15) is 4.98 Å². The van der Waals surface area contributed by atoms with Crippen molar-refractivity contribution in [3.8, 4) is 0 Å². The van der Waals surface area contributed by atoms with E-state index in [9.17, 15) is 0 Å². The minimum Gasteiger partial charge on any atom is -0.338 e. The van der Waals surface area contributed by atoms with Crippen LogP contribution in [0.4, 0.5) is 0 Å². The molecule has 1 aliphatic heterocycles. The molecule has 2 aliphatic rings. The van der Waals surface area contributed by atoms with E-state index in [0.29, 0.717) is 0 Å². The summed E-state index contributed by atoms with van der Waals surface area (Å²) in [5, 5.41) is 7.73. The lowest BCUT2D eigenvalue weighted by Crippen LogP contribution is -2.44. The van der Waals surface area contributed by atoms with Crippen LogP contribution >= 0.6 is 0 Å². The van der Waals surface area contributed by atoms with Crippen molar-refractivity contribution in [3.63, 3.8) is 0 Å². The van der Waals surface area contributed by atoms with Gasteiger partial charge < -0.3 is 9.84 Å². The molecule has 0 saturated carbocycles. The van der Waals surface area contributed by atoms with Gasteiger partial charge in [0.05, 0.1) is 11.5 Å². The predicted octanol–water partition coefficient (Wildman–Crippen LogP) is 2.29. The molecule has 23 heavy (non-hydrogen) atoms. The summed E-state index contributed by atoms with van der Waals surface area (Å²) in [5.74, 6) is 1.57. The number of aromatic nitrogens is 2. The Kier molecular flexibility index (Phi) is 3.70. The van der Waals surface area contributed by atoms with E-state index < -0.39 is 0 Å². The van der Waals surface area contributed by atoms with E-state index in [1.54, 1.807) is 0 Å². The fraction of sp³-hybridized carbons (Fsp3) is 0.556. The smallest absolute Gasteiger partial charge is 0.237 e. The Balaban J connectivity index is 1.69. The van der Waals surface area contributed by atoms with E-state index in [-0.39, 0.29) is 11.5 Å². The van der Waals surface area contributed by atoms with Crippen molar-refractivity contribution in [3.05, 3.63) is 47.1 Å². The zero-order chi connectivity index (χ0) is 15.9. The van der Waals surface area contributed by atoms with Gasteiger partial charge in [0.25, 0.3) is 0 Å². The van der Waals surface area contributed by atoms with Crippen molar-refractivity contribution >= 4 is 0 Å². The highest BCUT2D eigenvalue weighted by Gasteiger charge is 2.39. The van der Waals surface area contributed by atoms with Crippen molar-refractivity contribution in [1.29, 1.82) is 0 Å². The Bertz CT molecular complexity index is 698. The summed E-state index contributed by atoms with van der Waals surface area (Å²) in [4.78, 5) is 7.11. The summed E-state index contributed by atoms with van der Waals surface area (Å²) < 4.78 is 5.75. The molecule has 1 aromatic carbocycles. The Hall–Kier alpha value is -1.72. The van der Waals surface area contributed by atoms with Gasteiger partial charge in [-0.25, -0.2) is 0 Å². The molecule has 0 radical (unpaired) electrons. The van der Waals surface area contributed by atoms with Crippen molar-refractivity contribution in [1.82, 2.24) is 20.4 Å². The Morgan fingerprint density at radius 3 is 3.09 bits per heavy atom. The number of aryl methyl sites for hydroxylation is 1. The fourth-order valence-corrected chi connectivity index (χ4v) is 3.95. The van der Waals surface area contributed by atoms with Crippen LogP contribution in [0.5, 0.6) is 0 Å². The normalized spacial score (nSPS) is 28.5. The monoisotopic (exact) mass is 312 g/mol. The van der Waals surface area contributed by atoms with Crippen LogP contribution in [0.2, 0.25) is 0 Å². The van der Waals surface area contributed by atoms with Gasteiger partial charge in [0.15, 0.2) is 5.82 Å². The number of nitrogens with zero attached hydrogens (tertiary/aromatic N) is 3. The molecule has 1 fully saturated rings. The number of piperazine rings is 1. The van der Waals surface area contributed by atoms with Crippen molar-refractivity contribution in [2.75, 3.05) is 26.7 Å². The molecule has 4 rings (SSSR count). The van der Waals surface area contributed by atoms with Crippen LogP contribution < -0.4 is 5.32 Å². The second kappa shape index (κ2) is 5.73. The fourth-order valence-electron chi connectivity index (χ4n) is 3.95. The first-order valence-electron chi connectivity index (χ1n) is 8.52. The average molecular weight is 312 g/mol. The third-order valence-electron chi connectivity index (χ3n) is 5.46. The van der Waals surface area contributed by atoms with Gasteiger partial charge in [-0.1, -0.05) is 29.4 Å². The second-order valence-electron chi connectivity index (χ2n) is 7.00. The first kappa shape index (κ1) is 14.8. The number of hydrogen-bond acceptors (Lipinski definition) is 5. The van der Waals surface area contributed by atoms with Crippen molar-refractivity contribution < 1.29 is 4.52 Å². The number of likely N-dealkylation sites (N-methyl/N-ethyl adjacent to an activating group) is 1. The zero-order valence-electron chi connectivity index (χ0n) is 13.9. The van der Waals surface area contributed by atoms with Crippen LogP contribution in [0.3, 0.4) is 0 Å². The van der Waals surface area contributed by atoms with E-state index in [1.165, 1.54) is 11.1 Å². The van der Waals surface area contributed by atoms with Crippen LogP contribution in [0, 0.1) is 0 Å². The molecule has 5 heteroatoms. The lowest BCUT2D eigenvalue weighted by atomic mass is 9.71. The molecule has 0 spiro atoms. The molecule has 1 aliphatic carbocycles. The first-order chi connectivity index (χ1) is 11.2. The average Bonchev–Trinajstić information content (AvgIpc) is 3.06. The highest BCUT2D eigenvalue weighted by molar-refractivity contribution is 5.40. The molecule has 1 aromatic heterocycles. The lowest BCUT2D eigenvalue weighted by Gasteiger charge is -2.33. The van der Waals surface area contributed by atoms with E-state index in [4.69, 9.17) is 9.51 Å². The Morgan fingerprint density at radius 1 is 1.35 bits per heavy atom. The van der Waals surface area contributed by atoms with Gasteiger partial charge in [0.1, 0.15) is 0 Å². The molecule has 2 aromatic rings. The standard InChI is InChI=1S/C18H24N4O/c1-18(9-5-7-13-6-3-4-8-14(13)18)17-20-16(21-23-17)15-12-19-10-11-22(15)2/h3-4,6,8,15,19H,5,7,9-12H2,1-2H3. The molecule has 0 bridgehead atoms. The maximum atomic E-state index is 5.75. The van der Waals surface area contributed by atoms with E-state index in [2.05, 4.69) is 53.6 Å². The summed E-state index contributed by atoms with van der Waals surface area (Å²) in [6.07, 6.45) is 3.36. The number of hydrogen-bond donors (Lipinski definition) is 1. The SMILES string of the molecule is CN1CCNCC1c1noc(C2(C)CCCc3ccccc32)n1. The number of rotatable bonds is 2. The Labute approximate surface area is 137 Å². The predicted molar refractivity (Wildman–Crippen MR) is 88.4 cm³/mol. The van der Waals surface area contributed by atoms with Crippen LogP contribution in [-0.4, -0.2) is 41.7 Å². The highest BCUT2D eigenvalue weighted by atomic mass is 16.5. The number of nitrogens with one attached hydrogen (secondary N) is 1. The van der Waals surface area contributed by atoms with Gasteiger partial charge in [0, 0.05) is 19.6 Å². The molecule has 0 amide bonds. The Morgan fingerprint density at radius 2 is 2.22 bits per heavy atom. The number of fused-ring (bicyclic) bond motifs is 1. The lowest BCUT2D eigenvalue weighted by molar-refractivity contribution is 0.190. The van der Waals surface area contributed by atoms with Gasteiger partial charge >= 0.3 is 0 Å². The van der Waals surface area contributed by atoms with Crippen molar-refractivity contribution in [2.45, 2.75) is 37.6 Å². The molecule has 5 nitrogen and oxygen atoms in total. The zero-order valence-corrected chi connectivity index (χ0v) is 13.9. The van der Waals surface area contributed by atoms with Crippen LogP contribution in [0.25, 0.3) is 0 Å². The van der Waals surface area contributed by atoms with Gasteiger partial charge in [-0.05, 0) is 44.4 Å². The molecular weight excluding hydrogens is 288 g/mol. The largest absolute Gasteiger partial charge is 0.338 e. The van der Waals surface area contributed by atoms with Gasteiger partial charge in [-0.3, -0.25) is 4.90 Å². The van der Waals surface area contributed by atoms with Crippen LogP contribution in [0.1, 0.15) is 48.6 Å². The second-order valence-corrected chi connectivity index (χ2v) is 7.00. The topological polar surface area (TPSA) is 54.2 Å². The molecular formula is C18H24N4O. The maximum Gasteiger partial charge on any atom is 0.237 e. The third kappa shape index (κ3) is 2.48. The minimum atomic E-state index is -0.166. The molecule has 1 saturated heterocycles. The third-order valence-corrected chi connectivity index (χ3v) is 5.46. The van der Waals surface area contributed by atoms with Crippen LogP contribution in [0.15, 0.2) is 28.8 Å². The van der Waals surface area contributed by atoms with Gasteiger partial charge in [0.2, 0.25) is 5.89 Å². The van der Waals surface area contributed by atoms with E-state index in [1.807, 2.05) is 0 Å². The quantitative estimate of drug-likeness (QED) is 0.922. The van der Waals surface area contributed by atoms with Crippen LogP contribution in [-0.2, 0) is 11.8 Å². The van der Waals surface area contributed by atoms with E-state index in [0.717, 1.165) is 50.6 Å². The molecule has 122 valence electrons. The molecule has 1 N–H and O–H groups in total.